The number of hydrogen-bond acceptors (Lipinski definition) is 6. The monoisotopic (exact) mass is 680 g/mol. The van der Waals surface area contributed by atoms with E-state index in [0.29, 0.717) is 36.2 Å². The van der Waals surface area contributed by atoms with Gasteiger partial charge in [-0.25, -0.2) is 0 Å². The van der Waals surface area contributed by atoms with Crippen LogP contribution in [0, 0.1) is 0 Å². The van der Waals surface area contributed by atoms with Crippen LogP contribution in [0.15, 0.2) is 48.5 Å². The Kier molecular flexibility index (Phi) is 10.7. The Morgan fingerprint density at radius 1 is 0.833 bits per heavy atom. The molecule has 2 aliphatic rings. The number of piperazine rings is 2. The van der Waals surface area contributed by atoms with Gasteiger partial charge in [0.05, 0.1) is 0 Å². The van der Waals surface area contributed by atoms with Crippen molar-refractivity contribution in [1.29, 1.82) is 0 Å². The van der Waals surface area contributed by atoms with Crippen molar-refractivity contribution in [1.82, 2.24) is 19.6 Å². The molecule has 226 valence electrons. The fourth-order valence-corrected chi connectivity index (χ4v) is 7.24. The van der Waals surface area contributed by atoms with Crippen LogP contribution in [0.4, 0.5) is 14.4 Å². The topological polar surface area (TPSA) is 99.7 Å². The Labute approximate surface area is 262 Å². The first kappa shape index (κ1) is 32.0. The molecule has 4 rings (SSSR count). The zero-order chi connectivity index (χ0) is 30.4. The normalized spacial score (nSPS) is 17.9. The molecule has 2 fully saturated rings. The summed E-state index contributed by atoms with van der Waals surface area (Å²) in [5, 5.41) is 0.860. The van der Waals surface area contributed by atoms with Crippen molar-refractivity contribution in [2.45, 2.75) is 39.0 Å². The van der Waals surface area contributed by atoms with Gasteiger partial charge in [-0.05, 0) is 20.8 Å². The van der Waals surface area contributed by atoms with Crippen LogP contribution >= 0.6 is 23.2 Å². The van der Waals surface area contributed by atoms with Crippen LogP contribution < -0.4 is 4.35 Å². The summed E-state index contributed by atoms with van der Waals surface area (Å²) in [6.07, 6.45) is -1.17. The molecular weight excluding hydrogens is 646 g/mol. The van der Waals surface area contributed by atoms with Crippen molar-refractivity contribution < 1.29 is 28.7 Å². The van der Waals surface area contributed by atoms with E-state index in [1.807, 2.05) is 36.4 Å². The molecule has 2 unspecified atom stereocenters. The van der Waals surface area contributed by atoms with Crippen molar-refractivity contribution in [3.63, 3.8) is 0 Å². The average molecular weight is 681 g/mol. The molecule has 0 spiro atoms. The maximum absolute atomic E-state index is 13.8. The van der Waals surface area contributed by atoms with Crippen molar-refractivity contribution >= 4 is 66.1 Å². The summed E-state index contributed by atoms with van der Waals surface area (Å²) in [7, 11) is 0. The van der Waals surface area contributed by atoms with E-state index in [1.54, 1.807) is 42.7 Å². The van der Waals surface area contributed by atoms with Gasteiger partial charge in [0.25, 0.3) is 0 Å². The molecule has 0 aliphatic carbocycles. The molecule has 4 amide bonds. The number of nitrogens with zero attached hydrogens (tertiary/aromatic N) is 4. The summed E-state index contributed by atoms with van der Waals surface area (Å²) in [5.41, 5.74) is 0.122. The number of benzene rings is 2. The first-order valence-electron chi connectivity index (χ1n) is 13.7. The quantitative estimate of drug-likeness (QED) is 0.448. The molecule has 0 N–H and O–H groups in total. The first-order valence-corrected chi connectivity index (χ1v) is 16.5. The van der Waals surface area contributed by atoms with Gasteiger partial charge >= 0.3 is 212 Å². The average Bonchev–Trinajstić information content (AvgIpc) is 2.97. The van der Waals surface area contributed by atoms with Crippen LogP contribution in [0.3, 0.4) is 0 Å². The zero-order valence-electron chi connectivity index (χ0n) is 23.8. The molecule has 0 saturated carbocycles. The molecule has 2 saturated heterocycles. The fraction of sp³-hybridized carbons (Fsp3) is 0.448. The van der Waals surface area contributed by atoms with Gasteiger partial charge in [0.1, 0.15) is 0 Å². The fourth-order valence-electron chi connectivity index (χ4n) is 4.62. The second-order valence-corrected chi connectivity index (χ2v) is 14.5. The molecular formula is C29H35AsCl2N4O6. The third kappa shape index (κ3) is 8.55. The van der Waals surface area contributed by atoms with Crippen LogP contribution in [0.1, 0.15) is 26.3 Å². The predicted octanol–water partition coefficient (Wildman–Crippen LogP) is 3.58. The Bertz CT molecular complexity index is 1300. The van der Waals surface area contributed by atoms with E-state index in [0.717, 1.165) is 9.91 Å². The van der Waals surface area contributed by atoms with E-state index in [9.17, 15) is 19.2 Å². The molecule has 0 bridgehead atoms. The van der Waals surface area contributed by atoms with Crippen LogP contribution in [-0.4, -0.2) is 116 Å². The molecule has 2 heterocycles. The van der Waals surface area contributed by atoms with Crippen molar-refractivity contribution in [3.05, 3.63) is 64.1 Å². The van der Waals surface area contributed by atoms with Crippen LogP contribution in [0.5, 0.6) is 0 Å². The van der Waals surface area contributed by atoms with E-state index in [1.165, 1.54) is 9.80 Å². The second-order valence-electron chi connectivity index (χ2n) is 11.0. The maximum atomic E-state index is 13.8. The van der Waals surface area contributed by atoms with Crippen molar-refractivity contribution in [2.24, 2.45) is 0 Å². The summed E-state index contributed by atoms with van der Waals surface area (Å²) in [6.45, 7) is 7.07. The predicted molar refractivity (Wildman–Crippen MR) is 162 cm³/mol. The van der Waals surface area contributed by atoms with Gasteiger partial charge in [-0.2, -0.15) is 0 Å². The first-order chi connectivity index (χ1) is 19.9. The zero-order valence-corrected chi connectivity index (χ0v) is 27.5. The van der Waals surface area contributed by atoms with Gasteiger partial charge in [0, 0.05) is 0 Å². The summed E-state index contributed by atoms with van der Waals surface area (Å²) < 4.78 is 12.0. The summed E-state index contributed by atoms with van der Waals surface area (Å²) in [4.78, 5) is 59.0. The molecule has 13 heteroatoms. The van der Waals surface area contributed by atoms with Crippen molar-refractivity contribution in [2.75, 3.05) is 45.8 Å². The molecule has 10 nitrogen and oxygen atoms in total. The van der Waals surface area contributed by atoms with E-state index in [2.05, 4.69) is 0 Å². The van der Waals surface area contributed by atoms with Crippen LogP contribution in [0.2, 0.25) is 10.0 Å². The molecule has 2 aromatic carbocycles. The number of carbonyl (C=O) groups is 4. The number of carbonyl (C=O) groups excluding carboxylic acids is 4. The van der Waals surface area contributed by atoms with Gasteiger partial charge in [0.2, 0.25) is 0 Å². The SMILES string of the molecule is CC(C)(C)OC(=O)N1CCN(C(=O)OCc2ccccc2)C(C(=O)N2CCN(C(=O)[AsH]c3ccc(Cl)c(Cl)c3)CC2)C1. The van der Waals surface area contributed by atoms with Gasteiger partial charge < -0.3 is 0 Å². The van der Waals surface area contributed by atoms with E-state index in [4.69, 9.17) is 32.7 Å². The Morgan fingerprint density at radius 3 is 2.12 bits per heavy atom. The third-order valence-electron chi connectivity index (χ3n) is 6.81. The second kappa shape index (κ2) is 14.0. The summed E-state index contributed by atoms with van der Waals surface area (Å²) in [6, 6.07) is 13.6. The van der Waals surface area contributed by atoms with Crippen LogP contribution in [0.25, 0.3) is 0 Å². The summed E-state index contributed by atoms with van der Waals surface area (Å²) >= 11 is 11.0. The molecule has 2 aromatic rings. The Hall–Kier alpha value is -2.94. The molecule has 0 aromatic heterocycles. The molecule has 0 radical (unpaired) electrons. The minimum atomic E-state index is -1.14. The number of hydrogen-bond donors (Lipinski definition) is 0. The number of amides is 4. The van der Waals surface area contributed by atoms with Gasteiger partial charge in [-0.3, -0.25) is 0 Å². The van der Waals surface area contributed by atoms with E-state index in [-0.39, 0.29) is 36.8 Å². The number of halogens is 2. The Morgan fingerprint density at radius 2 is 1.48 bits per heavy atom. The van der Waals surface area contributed by atoms with Gasteiger partial charge in [0.15, 0.2) is 0 Å². The molecule has 42 heavy (non-hydrogen) atoms. The third-order valence-corrected chi connectivity index (χ3v) is 9.92. The van der Waals surface area contributed by atoms with Crippen LogP contribution in [-0.2, 0) is 20.9 Å². The molecule has 2 atom stereocenters. The summed E-state index contributed by atoms with van der Waals surface area (Å²) in [5.74, 6) is -0.299. The van der Waals surface area contributed by atoms with Gasteiger partial charge in [-0.1, -0.05) is 30.3 Å². The van der Waals surface area contributed by atoms with E-state index >= 15 is 0 Å². The number of ether oxygens (including phenoxy) is 2. The standard InChI is InChI=1S/C29H35AsCl2N4O6/c1-29(2,3)42-27(39)35-15-16-36(28(40)41-19-20-7-5-4-6-8-20)24(18-35)25(37)33-11-13-34(14-12-33)26(38)30-21-9-10-22(31)23(32)17-21/h4-10,17,24,30H,11-16,18-19H2,1-3H3. The van der Waals surface area contributed by atoms with E-state index < -0.39 is 39.6 Å². The Balaban J connectivity index is 1.41. The van der Waals surface area contributed by atoms with Gasteiger partial charge in [-0.15, -0.1) is 0 Å². The minimum absolute atomic E-state index is 0.0170. The van der Waals surface area contributed by atoms with Crippen molar-refractivity contribution in [3.8, 4) is 0 Å². The molecule has 2 aliphatic heterocycles. The number of rotatable bonds is 5.